The maximum Gasteiger partial charge on any atom is 0.276 e. The molecule has 0 atom stereocenters. The van der Waals surface area contributed by atoms with Gasteiger partial charge < -0.3 is 4.57 Å². The Morgan fingerprint density at radius 2 is 1.83 bits per heavy atom. The van der Waals surface area contributed by atoms with Gasteiger partial charge in [-0.3, -0.25) is 4.79 Å². The van der Waals surface area contributed by atoms with Crippen LogP contribution in [0.2, 0.25) is 0 Å². The van der Waals surface area contributed by atoms with Crippen molar-refractivity contribution >= 4 is 23.2 Å². The van der Waals surface area contributed by atoms with Gasteiger partial charge in [-0.15, -0.1) is 0 Å². The predicted octanol–water partition coefficient (Wildman–Crippen LogP) is 4.23. The van der Waals surface area contributed by atoms with E-state index in [9.17, 15) is 4.79 Å². The van der Waals surface area contributed by atoms with E-state index in [1.165, 1.54) is 5.56 Å². The number of para-hydroxylation sites is 2. The first-order chi connectivity index (χ1) is 11.1. The molecule has 0 aliphatic heterocycles. The summed E-state index contributed by atoms with van der Waals surface area (Å²) in [7, 11) is 1.78. The summed E-state index contributed by atoms with van der Waals surface area (Å²) in [5.74, 6) is 0.481. The Morgan fingerprint density at radius 3 is 2.61 bits per heavy atom. The van der Waals surface area contributed by atoms with Crippen molar-refractivity contribution < 1.29 is 0 Å². The Bertz CT molecular complexity index is 936. The van der Waals surface area contributed by atoms with Crippen LogP contribution in [0.5, 0.6) is 0 Å². The maximum absolute atomic E-state index is 12.4. The molecule has 1 heterocycles. The third kappa shape index (κ3) is 3.09. The van der Waals surface area contributed by atoms with Crippen molar-refractivity contribution in [2.75, 3.05) is 0 Å². The first-order valence-electron chi connectivity index (χ1n) is 7.80. The summed E-state index contributed by atoms with van der Waals surface area (Å²) < 4.78 is 1.65. The van der Waals surface area contributed by atoms with Gasteiger partial charge in [0, 0.05) is 7.05 Å². The Kier molecular flexibility index (Phi) is 4.11. The molecule has 0 N–H and O–H groups in total. The highest BCUT2D eigenvalue weighted by Gasteiger charge is 2.05. The minimum atomic E-state index is -0.0834. The lowest BCUT2D eigenvalue weighted by atomic mass is 10.0. The highest BCUT2D eigenvalue weighted by molar-refractivity contribution is 5.77. The van der Waals surface area contributed by atoms with E-state index in [0.29, 0.717) is 11.6 Å². The molecule has 3 nitrogen and oxygen atoms in total. The van der Waals surface area contributed by atoms with Gasteiger partial charge in [0.1, 0.15) is 5.69 Å². The van der Waals surface area contributed by atoms with Crippen LogP contribution in [-0.2, 0) is 7.05 Å². The molecule has 0 unspecified atom stereocenters. The van der Waals surface area contributed by atoms with Crippen molar-refractivity contribution in [2.45, 2.75) is 19.8 Å². The third-order valence-electron chi connectivity index (χ3n) is 4.02. The summed E-state index contributed by atoms with van der Waals surface area (Å²) in [6, 6.07) is 16.0. The quantitative estimate of drug-likeness (QED) is 0.726. The summed E-state index contributed by atoms with van der Waals surface area (Å²) in [6.07, 6.45) is 3.75. The summed E-state index contributed by atoms with van der Waals surface area (Å²) in [4.78, 5) is 16.9. The minimum Gasteiger partial charge on any atom is -0.308 e. The van der Waals surface area contributed by atoms with Gasteiger partial charge in [-0.25, -0.2) is 4.98 Å². The molecule has 3 rings (SSSR count). The van der Waals surface area contributed by atoms with Crippen molar-refractivity contribution in [3.8, 4) is 0 Å². The van der Waals surface area contributed by atoms with Gasteiger partial charge in [0.15, 0.2) is 0 Å². The Balaban J connectivity index is 2.03. The molecule has 0 aliphatic rings. The average molecular weight is 304 g/mol. The molecule has 0 saturated carbocycles. The van der Waals surface area contributed by atoms with Crippen LogP contribution in [0, 0.1) is 0 Å². The minimum absolute atomic E-state index is 0.0834. The van der Waals surface area contributed by atoms with Gasteiger partial charge in [-0.2, -0.15) is 0 Å². The molecule has 0 fully saturated rings. The fourth-order valence-corrected chi connectivity index (χ4v) is 2.61. The summed E-state index contributed by atoms with van der Waals surface area (Å²) >= 11 is 0. The van der Waals surface area contributed by atoms with Gasteiger partial charge in [-0.1, -0.05) is 56.3 Å². The number of hydrogen-bond acceptors (Lipinski definition) is 2. The zero-order valence-corrected chi connectivity index (χ0v) is 13.7. The van der Waals surface area contributed by atoms with E-state index in [1.807, 2.05) is 42.5 Å². The number of hydrogen-bond donors (Lipinski definition) is 0. The maximum atomic E-state index is 12.4. The molecule has 2 aromatic carbocycles. The lowest BCUT2D eigenvalue weighted by Crippen LogP contribution is -2.21. The van der Waals surface area contributed by atoms with Gasteiger partial charge >= 0.3 is 0 Å². The highest BCUT2D eigenvalue weighted by atomic mass is 16.1. The SMILES string of the molecule is CC(C)c1cccc(C=Cc2nc3ccccc3n(C)c2=O)c1. The molecule has 23 heavy (non-hydrogen) atoms. The van der Waals surface area contributed by atoms with Crippen molar-refractivity contribution in [2.24, 2.45) is 7.05 Å². The van der Waals surface area contributed by atoms with Crippen LogP contribution in [0.15, 0.2) is 53.3 Å². The van der Waals surface area contributed by atoms with E-state index < -0.39 is 0 Å². The van der Waals surface area contributed by atoms with Gasteiger partial charge in [-0.05, 0) is 35.3 Å². The standard InChI is InChI=1S/C20H20N2O/c1-14(2)16-8-6-7-15(13-16)11-12-18-20(23)22(3)19-10-5-4-9-17(19)21-18/h4-14H,1-3H3. The van der Waals surface area contributed by atoms with Crippen molar-refractivity contribution in [1.82, 2.24) is 9.55 Å². The average Bonchev–Trinajstić information content (AvgIpc) is 2.57. The second-order valence-electron chi connectivity index (χ2n) is 6.01. The van der Waals surface area contributed by atoms with E-state index in [0.717, 1.165) is 16.6 Å². The van der Waals surface area contributed by atoms with Gasteiger partial charge in [0.2, 0.25) is 0 Å². The van der Waals surface area contributed by atoms with Crippen LogP contribution >= 0.6 is 0 Å². The van der Waals surface area contributed by atoms with E-state index in [-0.39, 0.29) is 5.56 Å². The van der Waals surface area contributed by atoms with Crippen LogP contribution in [0.4, 0.5) is 0 Å². The molecule has 0 saturated heterocycles. The first-order valence-corrected chi connectivity index (χ1v) is 7.80. The Labute approximate surface area is 135 Å². The fourth-order valence-electron chi connectivity index (χ4n) is 2.61. The number of aryl methyl sites for hydroxylation is 1. The molecule has 0 amide bonds. The Hall–Kier alpha value is -2.68. The van der Waals surface area contributed by atoms with Crippen LogP contribution in [-0.4, -0.2) is 9.55 Å². The third-order valence-corrected chi connectivity index (χ3v) is 4.02. The summed E-state index contributed by atoms with van der Waals surface area (Å²) in [6.45, 7) is 4.34. The van der Waals surface area contributed by atoms with Crippen molar-refractivity contribution in [3.05, 3.63) is 75.7 Å². The van der Waals surface area contributed by atoms with Crippen LogP contribution < -0.4 is 5.56 Å². The normalized spacial score (nSPS) is 11.7. The number of aromatic nitrogens is 2. The largest absolute Gasteiger partial charge is 0.308 e. The van der Waals surface area contributed by atoms with E-state index in [2.05, 4.69) is 31.0 Å². The molecular weight excluding hydrogens is 284 g/mol. The molecule has 0 spiro atoms. The summed E-state index contributed by atoms with van der Waals surface area (Å²) in [5.41, 5.74) is 4.41. The van der Waals surface area contributed by atoms with Gasteiger partial charge in [0.25, 0.3) is 5.56 Å². The van der Waals surface area contributed by atoms with E-state index in [1.54, 1.807) is 17.7 Å². The molecule has 0 bridgehead atoms. The summed E-state index contributed by atoms with van der Waals surface area (Å²) in [5, 5.41) is 0. The zero-order valence-electron chi connectivity index (χ0n) is 13.7. The van der Waals surface area contributed by atoms with E-state index in [4.69, 9.17) is 0 Å². The van der Waals surface area contributed by atoms with Crippen LogP contribution in [0.3, 0.4) is 0 Å². The van der Waals surface area contributed by atoms with Gasteiger partial charge in [0.05, 0.1) is 11.0 Å². The molecule has 116 valence electrons. The Morgan fingerprint density at radius 1 is 1.04 bits per heavy atom. The molecule has 3 heteroatoms. The van der Waals surface area contributed by atoms with Crippen LogP contribution in [0.25, 0.3) is 23.2 Å². The van der Waals surface area contributed by atoms with Crippen LogP contribution in [0.1, 0.15) is 36.6 Å². The zero-order chi connectivity index (χ0) is 16.4. The van der Waals surface area contributed by atoms with Crippen molar-refractivity contribution in [1.29, 1.82) is 0 Å². The van der Waals surface area contributed by atoms with Crippen molar-refractivity contribution in [3.63, 3.8) is 0 Å². The molecule has 3 aromatic rings. The smallest absolute Gasteiger partial charge is 0.276 e. The molecule has 1 aromatic heterocycles. The second-order valence-corrected chi connectivity index (χ2v) is 6.01. The molecule has 0 radical (unpaired) electrons. The lowest BCUT2D eigenvalue weighted by Gasteiger charge is -2.06. The fraction of sp³-hybridized carbons (Fsp3) is 0.200. The monoisotopic (exact) mass is 304 g/mol. The molecular formula is C20H20N2O. The predicted molar refractivity (Wildman–Crippen MR) is 96.4 cm³/mol. The number of benzene rings is 2. The number of nitrogens with zero attached hydrogens (tertiary/aromatic N) is 2. The highest BCUT2D eigenvalue weighted by Crippen LogP contribution is 2.17. The molecule has 0 aliphatic carbocycles. The van der Waals surface area contributed by atoms with E-state index >= 15 is 0 Å². The topological polar surface area (TPSA) is 34.9 Å². The first kappa shape index (κ1) is 15.2. The number of fused-ring (bicyclic) bond motifs is 1. The number of rotatable bonds is 3. The lowest BCUT2D eigenvalue weighted by molar-refractivity contribution is 0.866. The second kappa shape index (κ2) is 6.21.